The van der Waals surface area contributed by atoms with Gasteiger partial charge >= 0.3 is 0 Å². The van der Waals surface area contributed by atoms with Crippen molar-refractivity contribution >= 4 is 28.6 Å². The number of benzene rings is 2. The van der Waals surface area contributed by atoms with Crippen molar-refractivity contribution in [1.29, 1.82) is 0 Å². The highest BCUT2D eigenvalue weighted by Crippen LogP contribution is 2.31. The summed E-state index contributed by atoms with van der Waals surface area (Å²) in [5, 5.41) is 4.26. The van der Waals surface area contributed by atoms with Gasteiger partial charge in [-0.1, -0.05) is 36.9 Å². The highest BCUT2D eigenvalue weighted by atomic mass is 32.2. The molecule has 1 fully saturated rings. The molecule has 1 amide bonds. The number of carbonyl (C=O) groups excluding carboxylic acids is 1. The van der Waals surface area contributed by atoms with E-state index in [2.05, 4.69) is 22.1 Å². The molecule has 1 saturated heterocycles. The van der Waals surface area contributed by atoms with Crippen molar-refractivity contribution in [2.45, 2.75) is 36.1 Å². The first-order chi connectivity index (χ1) is 15.5. The van der Waals surface area contributed by atoms with Crippen LogP contribution in [-0.4, -0.2) is 42.0 Å². The molecule has 32 heavy (non-hydrogen) atoms. The second-order valence-electron chi connectivity index (χ2n) is 8.36. The summed E-state index contributed by atoms with van der Waals surface area (Å²) in [6.07, 6.45) is 3.43. The quantitative estimate of drug-likeness (QED) is 0.477. The summed E-state index contributed by atoms with van der Waals surface area (Å²) in [5.41, 5.74) is 1.17. The molecule has 4 rings (SSSR count). The van der Waals surface area contributed by atoms with Gasteiger partial charge in [0.25, 0.3) is 5.91 Å². The fourth-order valence-electron chi connectivity index (χ4n) is 4.15. The first kappa shape index (κ1) is 22.7. The number of likely N-dealkylation sites (tertiary alicyclic amines) is 1. The predicted octanol–water partition coefficient (Wildman–Crippen LogP) is 5.52. The minimum atomic E-state index is -0.650. The SMILES string of the molecule is CC1CCCN(CCCNC(=O)c2cc(Sc3ccc(F)cc3F)nc3ccccc23)C1. The highest BCUT2D eigenvalue weighted by molar-refractivity contribution is 7.99. The van der Waals surface area contributed by atoms with Gasteiger partial charge in [0.15, 0.2) is 0 Å². The predicted molar refractivity (Wildman–Crippen MR) is 124 cm³/mol. The zero-order valence-electron chi connectivity index (χ0n) is 18.1. The van der Waals surface area contributed by atoms with E-state index in [4.69, 9.17) is 0 Å². The molecule has 3 aromatic rings. The molecule has 1 aromatic heterocycles. The van der Waals surface area contributed by atoms with E-state index < -0.39 is 11.6 Å². The first-order valence-electron chi connectivity index (χ1n) is 11.0. The smallest absolute Gasteiger partial charge is 0.252 e. The number of pyridine rings is 1. The number of hydrogen-bond acceptors (Lipinski definition) is 4. The Morgan fingerprint density at radius 2 is 2.06 bits per heavy atom. The Kier molecular flexibility index (Phi) is 7.37. The van der Waals surface area contributed by atoms with Gasteiger partial charge < -0.3 is 10.2 Å². The zero-order valence-corrected chi connectivity index (χ0v) is 18.9. The van der Waals surface area contributed by atoms with E-state index in [0.29, 0.717) is 22.7 Å². The number of halogens is 2. The molecule has 1 aliphatic rings. The number of rotatable bonds is 7. The molecule has 0 saturated carbocycles. The van der Waals surface area contributed by atoms with Gasteiger partial charge in [0.1, 0.15) is 16.7 Å². The number of amides is 1. The first-order valence-corrected chi connectivity index (χ1v) is 11.8. The molecule has 1 N–H and O–H groups in total. The molecule has 168 valence electrons. The van der Waals surface area contributed by atoms with E-state index in [-0.39, 0.29) is 10.8 Å². The third-order valence-electron chi connectivity index (χ3n) is 5.72. The van der Waals surface area contributed by atoms with E-state index >= 15 is 0 Å². The summed E-state index contributed by atoms with van der Waals surface area (Å²) < 4.78 is 27.3. The average molecular weight is 456 g/mol. The monoisotopic (exact) mass is 455 g/mol. The summed E-state index contributed by atoms with van der Waals surface area (Å²) in [7, 11) is 0. The second kappa shape index (κ2) is 10.4. The normalized spacial score (nSPS) is 16.9. The maximum atomic E-state index is 14.1. The van der Waals surface area contributed by atoms with Crippen LogP contribution in [0, 0.1) is 17.6 Å². The molecule has 1 atom stereocenters. The molecular weight excluding hydrogens is 428 g/mol. The molecule has 0 radical (unpaired) electrons. The van der Waals surface area contributed by atoms with Gasteiger partial charge in [-0.05, 0) is 62.5 Å². The van der Waals surface area contributed by atoms with Crippen LogP contribution in [0.25, 0.3) is 10.9 Å². The maximum Gasteiger partial charge on any atom is 0.252 e. The van der Waals surface area contributed by atoms with Crippen molar-refractivity contribution < 1.29 is 13.6 Å². The van der Waals surface area contributed by atoms with E-state index in [1.165, 1.54) is 25.0 Å². The van der Waals surface area contributed by atoms with Gasteiger partial charge in [-0.3, -0.25) is 4.79 Å². The van der Waals surface area contributed by atoms with Crippen molar-refractivity contribution in [2.75, 3.05) is 26.2 Å². The number of aromatic nitrogens is 1. The Hall–Kier alpha value is -2.51. The van der Waals surface area contributed by atoms with Crippen molar-refractivity contribution in [2.24, 2.45) is 5.92 Å². The lowest BCUT2D eigenvalue weighted by Crippen LogP contribution is -2.36. The number of hydrogen-bond donors (Lipinski definition) is 1. The molecule has 1 unspecified atom stereocenters. The van der Waals surface area contributed by atoms with Gasteiger partial charge in [-0.2, -0.15) is 0 Å². The number of piperidine rings is 1. The summed E-state index contributed by atoms with van der Waals surface area (Å²) in [6, 6.07) is 12.5. The van der Waals surface area contributed by atoms with Crippen LogP contribution in [0.5, 0.6) is 0 Å². The fraction of sp³-hybridized carbons (Fsp3) is 0.360. The Morgan fingerprint density at radius 3 is 2.88 bits per heavy atom. The van der Waals surface area contributed by atoms with Crippen LogP contribution in [0.3, 0.4) is 0 Å². The van der Waals surface area contributed by atoms with Crippen molar-refractivity contribution in [3.63, 3.8) is 0 Å². The van der Waals surface area contributed by atoms with Crippen LogP contribution >= 0.6 is 11.8 Å². The van der Waals surface area contributed by atoms with E-state index in [1.807, 2.05) is 24.3 Å². The molecule has 7 heteroatoms. The molecule has 2 heterocycles. The van der Waals surface area contributed by atoms with Crippen molar-refractivity contribution in [1.82, 2.24) is 15.2 Å². The van der Waals surface area contributed by atoms with Crippen LogP contribution in [0.4, 0.5) is 8.78 Å². The highest BCUT2D eigenvalue weighted by Gasteiger charge is 2.17. The van der Waals surface area contributed by atoms with Crippen LogP contribution in [-0.2, 0) is 0 Å². The van der Waals surface area contributed by atoms with Crippen LogP contribution in [0.2, 0.25) is 0 Å². The van der Waals surface area contributed by atoms with Crippen molar-refractivity contribution in [3.8, 4) is 0 Å². The zero-order chi connectivity index (χ0) is 22.5. The van der Waals surface area contributed by atoms with Crippen LogP contribution < -0.4 is 5.32 Å². The van der Waals surface area contributed by atoms with E-state index in [0.717, 1.165) is 55.2 Å². The lowest BCUT2D eigenvalue weighted by Gasteiger charge is -2.30. The Balaban J connectivity index is 1.46. The number of nitrogens with one attached hydrogen (secondary N) is 1. The number of nitrogens with zero attached hydrogens (tertiary/aromatic N) is 2. The summed E-state index contributed by atoms with van der Waals surface area (Å²) in [6.45, 7) is 6.12. The number of fused-ring (bicyclic) bond motifs is 1. The van der Waals surface area contributed by atoms with Gasteiger partial charge in [-0.15, -0.1) is 0 Å². The Bertz CT molecular complexity index is 1110. The summed E-state index contributed by atoms with van der Waals surface area (Å²) in [5.74, 6) is -0.708. The van der Waals surface area contributed by atoms with Gasteiger partial charge in [-0.25, -0.2) is 13.8 Å². The average Bonchev–Trinajstić information content (AvgIpc) is 2.78. The Morgan fingerprint density at radius 1 is 1.22 bits per heavy atom. The third-order valence-corrected chi connectivity index (χ3v) is 6.69. The fourth-order valence-corrected chi connectivity index (χ4v) is 4.99. The van der Waals surface area contributed by atoms with E-state index in [9.17, 15) is 13.6 Å². The van der Waals surface area contributed by atoms with Crippen LogP contribution in [0.15, 0.2) is 58.5 Å². The molecule has 1 aliphatic heterocycles. The minimum absolute atomic E-state index is 0.169. The largest absolute Gasteiger partial charge is 0.352 e. The number of para-hydroxylation sites is 1. The Labute approximate surface area is 191 Å². The van der Waals surface area contributed by atoms with Gasteiger partial charge in [0, 0.05) is 29.4 Å². The van der Waals surface area contributed by atoms with Gasteiger partial charge in [0.05, 0.1) is 11.1 Å². The molecule has 0 spiro atoms. The summed E-state index contributed by atoms with van der Waals surface area (Å²) in [4.78, 5) is 20.3. The molecule has 0 bridgehead atoms. The van der Waals surface area contributed by atoms with E-state index in [1.54, 1.807) is 6.07 Å². The number of carbonyl (C=O) groups is 1. The van der Waals surface area contributed by atoms with Crippen LogP contribution in [0.1, 0.15) is 36.5 Å². The summed E-state index contributed by atoms with van der Waals surface area (Å²) >= 11 is 1.08. The molecule has 0 aliphatic carbocycles. The lowest BCUT2D eigenvalue weighted by atomic mass is 10.0. The molecule has 2 aromatic carbocycles. The van der Waals surface area contributed by atoms with Crippen molar-refractivity contribution in [3.05, 3.63) is 65.7 Å². The third kappa shape index (κ3) is 5.64. The lowest BCUT2D eigenvalue weighted by molar-refractivity contribution is 0.0951. The van der Waals surface area contributed by atoms with Gasteiger partial charge in [0.2, 0.25) is 0 Å². The maximum absolute atomic E-state index is 14.1. The molecular formula is C25H27F2N3OS. The minimum Gasteiger partial charge on any atom is -0.352 e. The topological polar surface area (TPSA) is 45.2 Å². The second-order valence-corrected chi connectivity index (χ2v) is 9.42. The standard InChI is InChI=1S/C25H27F2N3OS/c1-17-6-4-12-30(16-17)13-5-11-28-25(31)20-15-24(29-22-8-3-2-7-19(20)22)32-23-10-9-18(26)14-21(23)27/h2-3,7-10,14-15,17H,4-6,11-13,16H2,1H3,(H,28,31). The molecule has 4 nitrogen and oxygen atoms in total.